The van der Waals surface area contributed by atoms with Crippen LogP contribution in [0.15, 0.2) is 42.5 Å². The predicted octanol–water partition coefficient (Wildman–Crippen LogP) is -1.52. The van der Waals surface area contributed by atoms with Crippen LogP contribution in [0, 0.1) is 0 Å². The number of ether oxygens (including phenoxy) is 3. The van der Waals surface area contributed by atoms with Gasteiger partial charge in [0.1, 0.15) is 6.04 Å². The first-order chi connectivity index (χ1) is 19.2. The van der Waals surface area contributed by atoms with Crippen molar-refractivity contribution in [3.8, 4) is 0 Å². The zero-order valence-corrected chi connectivity index (χ0v) is 22.0. The normalized spacial score (nSPS) is 13.4. The molecule has 0 radical (unpaired) electrons. The fraction of sp³-hybridized carbons (Fsp3) is 0.462. The van der Waals surface area contributed by atoms with E-state index in [1.807, 2.05) is 0 Å². The minimum atomic E-state index is -1.49. The monoisotopic (exact) mass is 562 g/mol. The van der Waals surface area contributed by atoms with Crippen molar-refractivity contribution in [2.75, 3.05) is 59.3 Å². The largest absolute Gasteiger partial charge is 0.480 e. The van der Waals surface area contributed by atoms with Crippen molar-refractivity contribution in [3.05, 3.63) is 48.0 Å². The fourth-order valence-corrected chi connectivity index (χ4v) is 3.57. The van der Waals surface area contributed by atoms with E-state index in [4.69, 9.17) is 19.9 Å². The molecule has 0 aromatic heterocycles. The summed E-state index contributed by atoms with van der Waals surface area (Å²) in [4.78, 5) is 73.8. The van der Waals surface area contributed by atoms with Crippen LogP contribution in [0.25, 0.3) is 0 Å². The Balaban J connectivity index is 1.74. The Kier molecular flexibility index (Phi) is 14.2. The second-order valence-corrected chi connectivity index (χ2v) is 8.43. The van der Waals surface area contributed by atoms with Gasteiger partial charge in [-0.2, -0.15) is 0 Å². The lowest BCUT2D eigenvalue weighted by Gasteiger charge is -2.27. The highest BCUT2D eigenvalue weighted by atomic mass is 16.5. The molecule has 40 heavy (non-hydrogen) atoms. The maximum atomic E-state index is 12.9. The van der Waals surface area contributed by atoms with Crippen LogP contribution in [-0.4, -0.2) is 116 Å². The number of carbonyl (C=O) groups excluding carboxylic acids is 5. The number of hydrogen-bond acceptors (Lipinski definition) is 10. The van der Waals surface area contributed by atoms with Gasteiger partial charge < -0.3 is 30.4 Å². The Morgan fingerprint density at radius 3 is 2.02 bits per heavy atom. The Morgan fingerprint density at radius 1 is 0.875 bits per heavy atom. The summed E-state index contributed by atoms with van der Waals surface area (Å²) in [5, 5.41) is 12.1. The summed E-state index contributed by atoms with van der Waals surface area (Å²) in [7, 11) is 0. The lowest BCUT2D eigenvalue weighted by atomic mass is 10.0. The molecule has 218 valence electrons. The van der Waals surface area contributed by atoms with Gasteiger partial charge in [0.2, 0.25) is 17.7 Å². The summed E-state index contributed by atoms with van der Waals surface area (Å²) in [6.45, 7) is 0.0557. The molecule has 1 aliphatic heterocycles. The van der Waals surface area contributed by atoms with Crippen LogP contribution in [0.1, 0.15) is 12.0 Å². The van der Waals surface area contributed by atoms with E-state index in [-0.39, 0.29) is 77.4 Å². The Bertz CT molecular complexity index is 1040. The average Bonchev–Trinajstić information content (AvgIpc) is 3.26. The molecule has 0 saturated heterocycles. The summed E-state index contributed by atoms with van der Waals surface area (Å²) >= 11 is 0. The predicted molar refractivity (Wildman–Crippen MR) is 138 cm³/mol. The van der Waals surface area contributed by atoms with Gasteiger partial charge in [0.15, 0.2) is 0 Å². The molecular weight excluding hydrogens is 528 g/mol. The molecule has 1 aromatic rings. The van der Waals surface area contributed by atoms with Crippen LogP contribution in [0.2, 0.25) is 0 Å². The van der Waals surface area contributed by atoms with Gasteiger partial charge in [0, 0.05) is 18.6 Å². The SMILES string of the molecule is NCC(=O)NCC(=O)N(C(=O)CCOCCOCCOCCN1C(=O)C=CC1=O)[C@@H](Cc1ccccc1)C(=O)O. The number of carbonyl (C=O) groups is 6. The lowest BCUT2D eigenvalue weighted by Crippen LogP contribution is -2.53. The van der Waals surface area contributed by atoms with Gasteiger partial charge in [-0.1, -0.05) is 30.3 Å². The van der Waals surface area contributed by atoms with Gasteiger partial charge >= 0.3 is 5.97 Å². The van der Waals surface area contributed by atoms with Crippen LogP contribution in [0.4, 0.5) is 0 Å². The first kappa shape index (κ1) is 32.2. The molecule has 14 nitrogen and oxygen atoms in total. The molecule has 1 heterocycles. The highest BCUT2D eigenvalue weighted by Gasteiger charge is 2.34. The zero-order chi connectivity index (χ0) is 29.3. The first-order valence-corrected chi connectivity index (χ1v) is 12.6. The van der Waals surface area contributed by atoms with Crippen molar-refractivity contribution in [2.24, 2.45) is 5.73 Å². The van der Waals surface area contributed by atoms with Crippen molar-refractivity contribution >= 4 is 35.5 Å². The molecule has 0 bridgehead atoms. The van der Waals surface area contributed by atoms with Crippen molar-refractivity contribution in [1.29, 1.82) is 0 Å². The lowest BCUT2D eigenvalue weighted by molar-refractivity contribution is -0.158. The third kappa shape index (κ3) is 11.0. The summed E-state index contributed by atoms with van der Waals surface area (Å²) in [6.07, 6.45) is 2.01. The topological polar surface area (TPSA) is 195 Å². The second kappa shape index (κ2) is 17.6. The highest BCUT2D eigenvalue weighted by Crippen LogP contribution is 2.12. The molecule has 0 spiro atoms. The molecule has 1 atom stereocenters. The summed E-state index contributed by atoms with van der Waals surface area (Å²) in [5.74, 6) is -4.40. The molecule has 0 aliphatic carbocycles. The van der Waals surface area contributed by atoms with E-state index in [2.05, 4.69) is 5.32 Å². The van der Waals surface area contributed by atoms with E-state index in [0.29, 0.717) is 10.5 Å². The van der Waals surface area contributed by atoms with Gasteiger partial charge in [-0.3, -0.25) is 33.8 Å². The second-order valence-electron chi connectivity index (χ2n) is 8.43. The van der Waals surface area contributed by atoms with Crippen molar-refractivity contribution in [2.45, 2.75) is 18.9 Å². The summed E-state index contributed by atoms with van der Waals surface area (Å²) < 4.78 is 16.1. The quantitative estimate of drug-likeness (QED) is 0.131. The number of nitrogens with one attached hydrogen (secondary N) is 1. The number of hydrogen-bond donors (Lipinski definition) is 3. The number of imide groups is 2. The Labute approximate surface area is 231 Å². The van der Waals surface area contributed by atoms with Gasteiger partial charge in [-0.15, -0.1) is 0 Å². The third-order valence-electron chi connectivity index (χ3n) is 5.59. The summed E-state index contributed by atoms with van der Waals surface area (Å²) in [5.41, 5.74) is 5.84. The van der Waals surface area contributed by atoms with Crippen molar-refractivity contribution in [3.63, 3.8) is 0 Å². The zero-order valence-electron chi connectivity index (χ0n) is 22.0. The number of carboxylic acid groups (broad SMARTS) is 1. The Hall–Kier alpha value is -3.98. The standard InChI is InChI=1S/C26H34N4O10/c27-17-21(31)28-18-25(35)30(20(26(36)37)16-19-4-2-1-3-5-19)24(34)8-10-38-12-14-40-15-13-39-11-9-29-22(32)6-7-23(29)33/h1-7,20H,8-18,27H2,(H,28,31)(H,36,37)/t20-/m0/s1. The van der Waals surface area contributed by atoms with Crippen LogP contribution >= 0.6 is 0 Å². The minimum absolute atomic E-state index is 0.0960. The average molecular weight is 563 g/mol. The van der Waals surface area contributed by atoms with Gasteiger partial charge in [-0.05, 0) is 5.56 Å². The number of benzene rings is 1. The van der Waals surface area contributed by atoms with E-state index in [0.717, 1.165) is 4.90 Å². The molecule has 1 aliphatic rings. The van der Waals surface area contributed by atoms with Gasteiger partial charge in [0.25, 0.3) is 11.8 Å². The van der Waals surface area contributed by atoms with Crippen molar-refractivity contribution < 1.29 is 48.1 Å². The summed E-state index contributed by atoms with van der Waals surface area (Å²) in [6, 6.07) is 7.05. The number of carboxylic acids is 1. The van der Waals surface area contributed by atoms with Gasteiger partial charge in [0.05, 0.1) is 65.7 Å². The third-order valence-corrected chi connectivity index (χ3v) is 5.59. The fourth-order valence-electron chi connectivity index (χ4n) is 3.57. The molecular formula is C26H34N4O10. The molecule has 5 amide bonds. The molecule has 14 heteroatoms. The van der Waals surface area contributed by atoms with Gasteiger partial charge in [-0.25, -0.2) is 4.79 Å². The number of rotatable bonds is 19. The smallest absolute Gasteiger partial charge is 0.327 e. The molecule has 0 saturated carbocycles. The van der Waals surface area contributed by atoms with E-state index >= 15 is 0 Å². The van der Waals surface area contributed by atoms with Crippen LogP contribution in [-0.2, 0) is 49.4 Å². The van der Waals surface area contributed by atoms with Crippen LogP contribution < -0.4 is 11.1 Å². The van der Waals surface area contributed by atoms with E-state index in [1.165, 1.54) is 12.2 Å². The van der Waals surface area contributed by atoms with Crippen LogP contribution in [0.3, 0.4) is 0 Å². The molecule has 4 N–H and O–H groups in total. The minimum Gasteiger partial charge on any atom is -0.480 e. The van der Waals surface area contributed by atoms with E-state index in [1.54, 1.807) is 30.3 Å². The molecule has 2 rings (SSSR count). The number of nitrogens with two attached hydrogens (primary N) is 1. The maximum Gasteiger partial charge on any atom is 0.327 e. The van der Waals surface area contributed by atoms with Crippen molar-refractivity contribution in [1.82, 2.24) is 15.1 Å². The number of nitrogens with zero attached hydrogens (tertiary/aromatic N) is 2. The molecule has 1 aromatic carbocycles. The number of amides is 5. The van der Waals surface area contributed by atoms with Crippen LogP contribution in [0.5, 0.6) is 0 Å². The molecule has 0 fully saturated rings. The molecule has 0 unspecified atom stereocenters. The first-order valence-electron chi connectivity index (χ1n) is 12.6. The van der Waals surface area contributed by atoms with E-state index in [9.17, 15) is 33.9 Å². The number of aliphatic carboxylic acids is 1. The van der Waals surface area contributed by atoms with E-state index < -0.39 is 36.3 Å². The highest BCUT2D eigenvalue weighted by molar-refractivity contribution is 6.12. The maximum absolute atomic E-state index is 12.9. The Morgan fingerprint density at radius 2 is 1.45 bits per heavy atom.